The van der Waals surface area contributed by atoms with Crippen LogP contribution in [-0.4, -0.2) is 121 Å². The number of hydrazone groups is 1. The molecule has 0 radical (unpaired) electrons. The SMILES string of the molecule is C=CC(=O)OCCOCCOCCOc1ccc(OC(=O)C2CCC(C(=O)Oc3ccc(OCCOCCOCCOC(=O)C=C)cc3/C=N/N(CCCCCC)c3nc4ccccc4s3)CC2)cc1. The molecule has 70 heavy (non-hydrogen) atoms. The molecule has 0 N–H and O–H groups in total. The molecule has 1 heterocycles. The molecule has 1 aliphatic rings. The number of unbranched alkanes of at least 4 members (excludes halogenated alkanes) is 3. The highest BCUT2D eigenvalue weighted by Crippen LogP contribution is 2.34. The van der Waals surface area contributed by atoms with Crippen LogP contribution in [0.2, 0.25) is 0 Å². The van der Waals surface area contributed by atoms with Gasteiger partial charge >= 0.3 is 23.9 Å². The molecule has 18 heteroatoms. The molecule has 0 atom stereocenters. The first-order valence-corrected chi connectivity index (χ1v) is 24.6. The minimum absolute atomic E-state index is 0.134. The number of carbonyl (C=O) groups excluding carboxylic acids is 4. The number of rotatable bonds is 34. The number of aromatic nitrogens is 1. The third-order valence-electron chi connectivity index (χ3n) is 10.7. The summed E-state index contributed by atoms with van der Waals surface area (Å²) in [5.74, 6) is -0.633. The second-order valence-electron chi connectivity index (χ2n) is 15.8. The van der Waals surface area contributed by atoms with Gasteiger partial charge in [0.1, 0.15) is 49.4 Å². The van der Waals surface area contributed by atoms with Gasteiger partial charge in [0.25, 0.3) is 0 Å². The number of thiazole rings is 1. The van der Waals surface area contributed by atoms with Gasteiger partial charge in [-0.25, -0.2) is 19.6 Å². The van der Waals surface area contributed by atoms with Crippen molar-refractivity contribution in [3.05, 3.63) is 97.6 Å². The number of para-hydroxylation sites is 1. The van der Waals surface area contributed by atoms with Crippen LogP contribution < -0.4 is 24.0 Å². The average Bonchev–Trinajstić information content (AvgIpc) is 3.82. The number of ether oxygens (including phenoxy) is 10. The Hall–Kier alpha value is -6.18. The van der Waals surface area contributed by atoms with Gasteiger partial charge in [0.05, 0.1) is 81.1 Å². The van der Waals surface area contributed by atoms with E-state index in [4.69, 9.17) is 57.5 Å². The van der Waals surface area contributed by atoms with Crippen LogP contribution in [0.1, 0.15) is 63.9 Å². The van der Waals surface area contributed by atoms with E-state index in [1.807, 2.05) is 29.3 Å². The Morgan fingerprint density at radius 2 is 1.17 bits per heavy atom. The lowest BCUT2D eigenvalue weighted by molar-refractivity contribution is -0.145. The Bertz CT molecular complexity index is 2230. The molecule has 1 aliphatic carbocycles. The highest BCUT2D eigenvalue weighted by Gasteiger charge is 2.32. The van der Waals surface area contributed by atoms with E-state index in [2.05, 4.69) is 20.1 Å². The molecule has 1 fully saturated rings. The fourth-order valence-electron chi connectivity index (χ4n) is 6.96. The number of fused-ring (bicyclic) bond motifs is 1. The Kier molecular flexibility index (Phi) is 24.9. The molecule has 3 aromatic carbocycles. The van der Waals surface area contributed by atoms with Gasteiger partial charge in [0.15, 0.2) is 0 Å². The lowest BCUT2D eigenvalue weighted by Gasteiger charge is -2.26. The van der Waals surface area contributed by atoms with Gasteiger partial charge < -0.3 is 47.4 Å². The minimum atomic E-state index is -0.498. The minimum Gasteiger partial charge on any atom is -0.491 e. The van der Waals surface area contributed by atoms with Crippen molar-refractivity contribution < 1.29 is 66.5 Å². The van der Waals surface area contributed by atoms with E-state index in [0.717, 1.165) is 53.2 Å². The molecule has 17 nitrogen and oxygen atoms in total. The van der Waals surface area contributed by atoms with E-state index < -0.39 is 17.9 Å². The highest BCUT2D eigenvalue weighted by molar-refractivity contribution is 7.22. The molecule has 4 aromatic rings. The van der Waals surface area contributed by atoms with Gasteiger partial charge in [-0.15, -0.1) is 0 Å². The molecule has 0 spiro atoms. The summed E-state index contributed by atoms with van der Waals surface area (Å²) in [6.45, 7) is 12.9. The van der Waals surface area contributed by atoms with Crippen LogP contribution >= 0.6 is 11.3 Å². The van der Waals surface area contributed by atoms with E-state index >= 15 is 0 Å². The van der Waals surface area contributed by atoms with Crippen molar-refractivity contribution in [2.45, 2.75) is 58.3 Å². The fraction of sp³-hybridized carbons (Fsp3) is 0.462. The lowest BCUT2D eigenvalue weighted by Crippen LogP contribution is -2.30. The van der Waals surface area contributed by atoms with E-state index in [9.17, 15) is 19.2 Å². The summed E-state index contributed by atoms with van der Waals surface area (Å²) in [6.07, 6.45) is 9.96. The van der Waals surface area contributed by atoms with Crippen molar-refractivity contribution >= 4 is 56.8 Å². The molecule has 0 aliphatic heterocycles. The smallest absolute Gasteiger partial charge is 0.330 e. The molecular formula is C52H65N3O14S. The molecule has 5 rings (SSSR count). The van der Waals surface area contributed by atoms with Gasteiger partial charge in [-0.2, -0.15) is 5.10 Å². The van der Waals surface area contributed by atoms with Crippen molar-refractivity contribution in [1.29, 1.82) is 0 Å². The Balaban J connectivity index is 1.11. The number of nitrogens with zero attached hydrogens (tertiary/aromatic N) is 3. The number of hydrogen-bond donors (Lipinski definition) is 0. The van der Waals surface area contributed by atoms with Gasteiger partial charge in [-0.3, -0.25) is 9.59 Å². The second kappa shape index (κ2) is 31.9. The number of hydrogen-bond acceptors (Lipinski definition) is 18. The van der Waals surface area contributed by atoms with Crippen LogP contribution in [0.5, 0.6) is 23.0 Å². The summed E-state index contributed by atoms with van der Waals surface area (Å²) in [5.41, 5.74) is 1.44. The number of carbonyl (C=O) groups is 4. The van der Waals surface area contributed by atoms with Crippen molar-refractivity contribution in [2.24, 2.45) is 16.9 Å². The zero-order valence-electron chi connectivity index (χ0n) is 40.0. The maximum atomic E-state index is 13.7. The van der Waals surface area contributed by atoms with E-state index in [0.29, 0.717) is 107 Å². The maximum Gasteiger partial charge on any atom is 0.330 e. The second-order valence-corrected chi connectivity index (χ2v) is 16.9. The van der Waals surface area contributed by atoms with Crippen molar-refractivity contribution in [3.8, 4) is 23.0 Å². The van der Waals surface area contributed by atoms with Crippen LogP contribution in [0.25, 0.3) is 10.2 Å². The molecule has 0 unspecified atom stereocenters. The topological polar surface area (TPSA) is 189 Å². The summed E-state index contributed by atoms with van der Waals surface area (Å²) >= 11 is 1.57. The van der Waals surface area contributed by atoms with E-state index in [1.165, 1.54) is 0 Å². The van der Waals surface area contributed by atoms with Crippen molar-refractivity contribution in [1.82, 2.24) is 4.98 Å². The Morgan fingerprint density at radius 1 is 0.643 bits per heavy atom. The summed E-state index contributed by atoms with van der Waals surface area (Å²) in [4.78, 5) is 54.0. The number of anilines is 1. The Labute approximate surface area is 413 Å². The molecule has 0 saturated heterocycles. The standard InChI is InChI=1S/C52H65N3O14S/c1-4-7-8-11-24-55(52-54-45-12-9-10-13-47(45)70-52)53-38-41-37-44(65-34-30-61-26-28-63-32-36-67-49(57)6-3)22-23-46(41)69-51(59)40-16-14-39(15-17-40)50(58)68-43-20-18-42(19-21-43)64-33-29-60-25-27-62-31-35-66-48(56)5-2/h5-6,9-10,12-13,18-23,37-40H,2-4,7-8,11,14-17,24-36H2,1H3/b53-38+. The molecule has 1 saturated carbocycles. The predicted molar refractivity (Wildman–Crippen MR) is 265 cm³/mol. The number of esters is 4. The normalized spacial score (nSPS) is 14.5. The molecule has 0 bridgehead atoms. The fourth-order valence-corrected chi connectivity index (χ4v) is 7.91. The van der Waals surface area contributed by atoms with Crippen LogP contribution in [0.15, 0.2) is 97.1 Å². The van der Waals surface area contributed by atoms with E-state index in [-0.39, 0.29) is 50.9 Å². The quantitative estimate of drug-likeness (QED) is 0.0108. The average molecular weight is 988 g/mol. The maximum absolute atomic E-state index is 13.7. The van der Waals surface area contributed by atoms with Crippen LogP contribution in [0.4, 0.5) is 5.13 Å². The predicted octanol–water partition coefficient (Wildman–Crippen LogP) is 8.32. The third-order valence-corrected chi connectivity index (χ3v) is 11.8. The first-order valence-electron chi connectivity index (χ1n) is 23.8. The van der Waals surface area contributed by atoms with Gasteiger partial charge in [-0.05, 0) is 86.7 Å². The first kappa shape index (κ1) is 54.8. The van der Waals surface area contributed by atoms with Crippen LogP contribution in [-0.2, 0) is 47.6 Å². The Morgan fingerprint density at radius 3 is 1.76 bits per heavy atom. The van der Waals surface area contributed by atoms with E-state index in [1.54, 1.807) is 60.0 Å². The van der Waals surface area contributed by atoms with Crippen molar-refractivity contribution in [3.63, 3.8) is 0 Å². The van der Waals surface area contributed by atoms with Gasteiger partial charge in [0.2, 0.25) is 5.13 Å². The van der Waals surface area contributed by atoms with Crippen LogP contribution in [0.3, 0.4) is 0 Å². The molecule has 1 aromatic heterocycles. The molecule has 378 valence electrons. The van der Waals surface area contributed by atoms with Crippen molar-refractivity contribution in [2.75, 3.05) is 90.8 Å². The zero-order valence-corrected chi connectivity index (χ0v) is 40.8. The molecular weight excluding hydrogens is 923 g/mol. The summed E-state index contributed by atoms with van der Waals surface area (Å²) in [5, 5.41) is 7.57. The first-order chi connectivity index (χ1) is 34.3. The summed E-state index contributed by atoms with van der Waals surface area (Å²) < 4.78 is 56.2. The largest absolute Gasteiger partial charge is 0.491 e. The van der Waals surface area contributed by atoms with Gasteiger partial charge in [-0.1, -0.05) is 62.8 Å². The molecule has 0 amide bonds. The zero-order chi connectivity index (χ0) is 49.6. The summed E-state index contributed by atoms with van der Waals surface area (Å²) in [7, 11) is 0. The number of benzene rings is 3. The van der Waals surface area contributed by atoms with Gasteiger partial charge in [0, 0.05) is 24.3 Å². The summed E-state index contributed by atoms with van der Waals surface area (Å²) in [6, 6.07) is 20.0. The monoisotopic (exact) mass is 987 g/mol. The highest BCUT2D eigenvalue weighted by atomic mass is 32.1. The van der Waals surface area contributed by atoms with Crippen LogP contribution in [0, 0.1) is 11.8 Å². The third kappa shape index (κ3) is 20.0. The lowest BCUT2D eigenvalue weighted by atomic mass is 9.82.